The quantitative estimate of drug-likeness (QED) is 0.861. The minimum Gasteiger partial charge on any atom is -0.357 e. The highest BCUT2D eigenvalue weighted by molar-refractivity contribution is 5.85. The second-order valence-corrected chi connectivity index (χ2v) is 4.88. The fourth-order valence-corrected chi connectivity index (χ4v) is 2.29. The highest BCUT2D eigenvalue weighted by Crippen LogP contribution is 2.18. The number of hydrogen-bond acceptors (Lipinski definition) is 4. The van der Waals surface area contributed by atoms with Crippen LogP contribution in [0.4, 0.5) is 5.82 Å². The van der Waals surface area contributed by atoms with Crippen molar-refractivity contribution in [3.05, 3.63) is 23.9 Å². The molecule has 0 unspecified atom stereocenters. The maximum absolute atomic E-state index is 11.4. The molecule has 2 N–H and O–H groups in total. The van der Waals surface area contributed by atoms with E-state index in [0.29, 0.717) is 13.1 Å². The zero-order chi connectivity index (χ0) is 13.5. The van der Waals surface area contributed by atoms with Gasteiger partial charge in [0.15, 0.2) is 0 Å². The van der Waals surface area contributed by atoms with Gasteiger partial charge >= 0.3 is 0 Å². The Balaban J connectivity index is 0.00000200. The third-order valence-electron chi connectivity index (χ3n) is 3.32. The maximum Gasteiger partial charge on any atom is 0.234 e. The molecule has 1 saturated heterocycles. The molecular weight excluding hydrogens is 276 g/mol. The number of nitrogens with zero attached hydrogens (tertiary/aromatic N) is 2. The van der Waals surface area contributed by atoms with Gasteiger partial charge in [0, 0.05) is 25.8 Å². The Morgan fingerprint density at radius 3 is 2.80 bits per heavy atom. The normalized spacial score (nSPS) is 14.6. The molecular formula is C14H23ClN4O. The summed E-state index contributed by atoms with van der Waals surface area (Å²) in [6.45, 7) is 3.08. The predicted octanol–water partition coefficient (Wildman–Crippen LogP) is 1.33. The van der Waals surface area contributed by atoms with E-state index in [1.165, 1.54) is 19.3 Å². The number of anilines is 1. The number of pyridine rings is 1. The summed E-state index contributed by atoms with van der Waals surface area (Å²) in [5, 5.41) is 5.72. The Bertz CT molecular complexity index is 421. The van der Waals surface area contributed by atoms with Crippen molar-refractivity contribution in [1.82, 2.24) is 15.6 Å². The molecule has 0 saturated carbocycles. The summed E-state index contributed by atoms with van der Waals surface area (Å²) < 4.78 is 0. The van der Waals surface area contributed by atoms with Crippen LogP contribution in [0.3, 0.4) is 0 Å². The number of carbonyl (C=O) groups is 1. The number of halogens is 1. The van der Waals surface area contributed by atoms with Crippen LogP contribution in [0, 0.1) is 0 Å². The molecule has 0 bridgehead atoms. The summed E-state index contributed by atoms with van der Waals surface area (Å²) in [4.78, 5) is 18.2. The lowest BCUT2D eigenvalue weighted by molar-refractivity contribution is -0.120. The van der Waals surface area contributed by atoms with Gasteiger partial charge in [-0.1, -0.05) is 0 Å². The van der Waals surface area contributed by atoms with Gasteiger partial charge in [0.2, 0.25) is 5.91 Å². The van der Waals surface area contributed by atoms with E-state index in [1.807, 2.05) is 12.3 Å². The number of likely N-dealkylation sites (N-methyl/N-ethyl adjacent to an activating group) is 1. The largest absolute Gasteiger partial charge is 0.357 e. The third kappa shape index (κ3) is 4.98. The van der Waals surface area contributed by atoms with Crippen molar-refractivity contribution in [2.45, 2.75) is 25.8 Å². The van der Waals surface area contributed by atoms with Crippen LogP contribution in [0.25, 0.3) is 0 Å². The molecule has 2 rings (SSSR count). The molecule has 1 aliphatic heterocycles. The van der Waals surface area contributed by atoms with Crippen molar-refractivity contribution in [3.63, 3.8) is 0 Å². The first-order valence-electron chi connectivity index (χ1n) is 6.91. The number of aromatic nitrogens is 1. The van der Waals surface area contributed by atoms with Crippen LogP contribution in [0.2, 0.25) is 0 Å². The summed E-state index contributed by atoms with van der Waals surface area (Å²) in [5.74, 6) is 1.04. The Hall–Kier alpha value is -1.33. The van der Waals surface area contributed by atoms with Crippen LogP contribution >= 0.6 is 12.4 Å². The average Bonchev–Trinajstić information content (AvgIpc) is 2.47. The number of hydrogen-bond donors (Lipinski definition) is 2. The number of amides is 1. The van der Waals surface area contributed by atoms with Crippen LogP contribution < -0.4 is 15.5 Å². The van der Waals surface area contributed by atoms with Gasteiger partial charge in [0.1, 0.15) is 5.82 Å². The Kier molecular flexibility index (Phi) is 7.33. The first-order chi connectivity index (χ1) is 9.29. The molecule has 20 heavy (non-hydrogen) atoms. The lowest BCUT2D eigenvalue weighted by Crippen LogP contribution is -2.32. The number of nitrogens with one attached hydrogen (secondary N) is 2. The molecule has 1 aromatic heterocycles. The summed E-state index contributed by atoms with van der Waals surface area (Å²) >= 11 is 0. The zero-order valence-corrected chi connectivity index (χ0v) is 12.7. The van der Waals surface area contributed by atoms with E-state index in [-0.39, 0.29) is 18.3 Å². The first-order valence-corrected chi connectivity index (χ1v) is 6.91. The minimum absolute atomic E-state index is 0. The van der Waals surface area contributed by atoms with E-state index in [9.17, 15) is 4.79 Å². The Morgan fingerprint density at radius 2 is 2.10 bits per heavy atom. The molecule has 0 spiro atoms. The molecule has 1 aromatic rings. The van der Waals surface area contributed by atoms with Gasteiger partial charge in [-0.05, 0) is 44.0 Å². The molecule has 1 fully saturated rings. The van der Waals surface area contributed by atoms with E-state index in [2.05, 4.69) is 26.6 Å². The van der Waals surface area contributed by atoms with E-state index >= 15 is 0 Å². The molecule has 1 aliphatic rings. The van der Waals surface area contributed by atoms with Gasteiger partial charge < -0.3 is 15.5 Å². The second-order valence-electron chi connectivity index (χ2n) is 4.88. The van der Waals surface area contributed by atoms with Crippen LogP contribution in [0.5, 0.6) is 0 Å². The van der Waals surface area contributed by atoms with E-state index < -0.39 is 0 Å². The van der Waals surface area contributed by atoms with Gasteiger partial charge in [-0.2, -0.15) is 0 Å². The maximum atomic E-state index is 11.4. The zero-order valence-electron chi connectivity index (χ0n) is 11.9. The summed E-state index contributed by atoms with van der Waals surface area (Å²) in [7, 11) is 1.76. The number of carbonyl (C=O) groups excluding carboxylic acids is 1. The summed E-state index contributed by atoms with van der Waals surface area (Å²) in [5.41, 5.74) is 1.10. The molecule has 6 heteroatoms. The van der Waals surface area contributed by atoms with Crippen LogP contribution in [0.15, 0.2) is 18.3 Å². The first kappa shape index (κ1) is 16.7. The fourth-order valence-electron chi connectivity index (χ4n) is 2.29. The van der Waals surface area contributed by atoms with Crippen molar-refractivity contribution < 1.29 is 4.79 Å². The van der Waals surface area contributed by atoms with Gasteiger partial charge in [0.25, 0.3) is 0 Å². The molecule has 2 heterocycles. The van der Waals surface area contributed by atoms with Gasteiger partial charge in [-0.15, -0.1) is 12.4 Å². The van der Waals surface area contributed by atoms with Crippen molar-refractivity contribution in [3.8, 4) is 0 Å². The highest BCUT2D eigenvalue weighted by Gasteiger charge is 2.12. The van der Waals surface area contributed by atoms with Crippen LogP contribution in [-0.4, -0.2) is 37.6 Å². The number of piperidine rings is 1. The third-order valence-corrected chi connectivity index (χ3v) is 3.32. The van der Waals surface area contributed by atoms with E-state index in [4.69, 9.17) is 0 Å². The summed E-state index contributed by atoms with van der Waals surface area (Å²) in [6.07, 6.45) is 5.62. The van der Waals surface area contributed by atoms with Gasteiger partial charge in [-0.25, -0.2) is 4.98 Å². The number of rotatable bonds is 5. The van der Waals surface area contributed by atoms with Gasteiger partial charge in [-0.3, -0.25) is 4.79 Å². The molecule has 112 valence electrons. The van der Waals surface area contributed by atoms with Crippen LogP contribution in [-0.2, 0) is 11.3 Å². The molecule has 0 aromatic carbocycles. The Labute approximate surface area is 126 Å². The smallest absolute Gasteiger partial charge is 0.234 e. The van der Waals surface area contributed by atoms with Crippen molar-refractivity contribution >= 4 is 24.1 Å². The van der Waals surface area contributed by atoms with Gasteiger partial charge in [0.05, 0.1) is 6.54 Å². The molecule has 0 radical (unpaired) electrons. The SMILES string of the molecule is CNCC(=O)NCc1ccnc(N2CCCCC2)c1.Cl. The second kappa shape index (κ2) is 8.76. The minimum atomic E-state index is 0. The topological polar surface area (TPSA) is 57.3 Å². The predicted molar refractivity (Wildman–Crippen MR) is 83.3 cm³/mol. The van der Waals surface area contributed by atoms with Crippen molar-refractivity contribution in [2.75, 3.05) is 31.6 Å². The monoisotopic (exact) mass is 298 g/mol. The lowest BCUT2D eigenvalue weighted by atomic mass is 10.1. The molecule has 0 atom stereocenters. The van der Waals surface area contributed by atoms with Crippen LogP contribution in [0.1, 0.15) is 24.8 Å². The summed E-state index contributed by atoms with van der Waals surface area (Å²) in [6, 6.07) is 4.03. The standard InChI is InChI=1S/C14H22N4O.ClH/c1-15-11-14(19)17-10-12-5-6-16-13(9-12)18-7-3-2-4-8-18;/h5-6,9,15H,2-4,7-8,10-11H2,1H3,(H,17,19);1H. The van der Waals surface area contributed by atoms with Crippen molar-refractivity contribution in [2.24, 2.45) is 0 Å². The molecule has 1 amide bonds. The highest BCUT2D eigenvalue weighted by atomic mass is 35.5. The van der Waals surface area contributed by atoms with Crippen molar-refractivity contribution in [1.29, 1.82) is 0 Å². The lowest BCUT2D eigenvalue weighted by Gasteiger charge is -2.27. The average molecular weight is 299 g/mol. The van der Waals surface area contributed by atoms with E-state index in [1.54, 1.807) is 7.05 Å². The molecule has 5 nitrogen and oxygen atoms in total. The Morgan fingerprint density at radius 1 is 1.35 bits per heavy atom. The fraction of sp³-hybridized carbons (Fsp3) is 0.571. The molecule has 0 aliphatic carbocycles. The van der Waals surface area contributed by atoms with E-state index in [0.717, 1.165) is 24.5 Å².